The molecule has 6 heteroatoms. The summed E-state index contributed by atoms with van der Waals surface area (Å²) in [6.07, 6.45) is -0.659. The van der Waals surface area contributed by atoms with E-state index in [-0.39, 0.29) is 5.91 Å². The van der Waals surface area contributed by atoms with E-state index in [0.29, 0.717) is 13.2 Å². The lowest BCUT2D eigenvalue weighted by Crippen LogP contribution is -2.75. The van der Waals surface area contributed by atoms with Crippen molar-refractivity contribution in [3.63, 3.8) is 0 Å². The van der Waals surface area contributed by atoms with Crippen molar-refractivity contribution in [1.29, 1.82) is 0 Å². The summed E-state index contributed by atoms with van der Waals surface area (Å²) in [5.41, 5.74) is -0.612. The number of carbonyl (C=O) groups is 2. The monoisotopic (exact) mass is 242 g/mol. The topological polar surface area (TPSA) is 70.1 Å². The Morgan fingerprint density at radius 1 is 1.53 bits per heavy atom. The molecule has 0 radical (unpaired) electrons. The zero-order valence-electron chi connectivity index (χ0n) is 10.3. The highest BCUT2D eigenvalue weighted by Gasteiger charge is 2.56. The lowest BCUT2D eigenvalue weighted by molar-refractivity contribution is -0.212. The number of amides is 2. The zero-order valence-corrected chi connectivity index (χ0v) is 10.3. The van der Waals surface area contributed by atoms with E-state index in [1.807, 2.05) is 0 Å². The molecule has 0 aromatic heterocycles. The van der Waals surface area contributed by atoms with E-state index in [9.17, 15) is 14.7 Å². The van der Waals surface area contributed by atoms with Crippen LogP contribution in [0.2, 0.25) is 0 Å². The molecule has 0 saturated carbocycles. The SMILES string of the molecule is CC(C)(C)N(C(=O)O)[C@@H]1C(=O)N2CCCOC12. The van der Waals surface area contributed by atoms with Crippen molar-refractivity contribution >= 4 is 12.0 Å². The summed E-state index contributed by atoms with van der Waals surface area (Å²) in [6, 6.07) is -0.687. The van der Waals surface area contributed by atoms with Gasteiger partial charge in [-0.05, 0) is 27.2 Å². The van der Waals surface area contributed by atoms with E-state index in [4.69, 9.17) is 4.74 Å². The molecule has 2 fully saturated rings. The lowest BCUT2D eigenvalue weighted by atomic mass is 9.95. The molecular formula is C11H18N2O4. The Labute approximate surface area is 100 Å². The molecule has 0 bridgehead atoms. The Hall–Kier alpha value is -1.30. The maximum absolute atomic E-state index is 11.9. The zero-order chi connectivity index (χ0) is 12.8. The number of hydrogen-bond donors (Lipinski definition) is 1. The average Bonchev–Trinajstić information content (AvgIpc) is 2.23. The van der Waals surface area contributed by atoms with Crippen molar-refractivity contribution in [1.82, 2.24) is 9.80 Å². The molecule has 0 aliphatic carbocycles. The highest BCUT2D eigenvalue weighted by Crippen LogP contribution is 2.33. The van der Waals surface area contributed by atoms with Gasteiger partial charge >= 0.3 is 6.09 Å². The van der Waals surface area contributed by atoms with Crippen LogP contribution < -0.4 is 0 Å². The third-order valence-corrected chi connectivity index (χ3v) is 3.15. The Kier molecular flexibility index (Phi) is 2.77. The smallest absolute Gasteiger partial charge is 0.408 e. The van der Waals surface area contributed by atoms with Crippen LogP contribution in [0.4, 0.5) is 4.79 Å². The molecule has 2 atom stereocenters. The normalized spacial score (nSPS) is 28.4. The molecule has 96 valence electrons. The summed E-state index contributed by atoms with van der Waals surface area (Å²) in [5.74, 6) is -0.146. The highest BCUT2D eigenvalue weighted by molar-refractivity contribution is 5.92. The van der Waals surface area contributed by atoms with Crippen molar-refractivity contribution in [3.8, 4) is 0 Å². The molecule has 2 heterocycles. The fourth-order valence-corrected chi connectivity index (χ4v) is 2.42. The van der Waals surface area contributed by atoms with Crippen LogP contribution in [-0.2, 0) is 9.53 Å². The molecule has 0 aromatic rings. The second-order valence-corrected chi connectivity index (χ2v) is 5.41. The molecular weight excluding hydrogens is 224 g/mol. The van der Waals surface area contributed by atoms with Crippen LogP contribution in [0.5, 0.6) is 0 Å². The third kappa shape index (κ3) is 1.86. The largest absolute Gasteiger partial charge is 0.465 e. The van der Waals surface area contributed by atoms with Crippen molar-refractivity contribution in [2.75, 3.05) is 13.2 Å². The summed E-state index contributed by atoms with van der Waals surface area (Å²) < 4.78 is 5.49. The van der Waals surface area contributed by atoms with Crippen LogP contribution in [0.1, 0.15) is 27.2 Å². The average molecular weight is 242 g/mol. The molecule has 2 aliphatic heterocycles. The lowest BCUT2D eigenvalue weighted by Gasteiger charge is -2.54. The second-order valence-electron chi connectivity index (χ2n) is 5.41. The van der Waals surface area contributed by atoms with Gasteiger partial charge in [-0.15, -0.1) is 0 Å². The molecule has 2 amide bonds. The number of β-lactam (4-membered cyclic amide) rings is 1. The van der Waals surface area contributed by atoms with Gasteiger partial charge in [0.25, 0.3) is 5.91 Å². The van der Waals surface area contributed by atoms with Gasteiger partial charge in [-0.25, -0.2) is 4.79 Å². The molecule has 2 aliphatic rings. The first-order chi connectivity index (χ1) is 7.84. The fraction of sp³-hybridized carbons (Fsp3) is 0.818. The van der Waals surface area contributed by atoms with Crippen molar-refractivity contribution in [2.24, 2.45) is 0 Å². The van der Waals surface area contributed by atoms with Crippen molar-refractivity contribution < 1.29 is 19.4 Å². The molecule has 0 spiro atoms. The fourth-order valence-electron chi connectivity index (χ4n) is 2.42. The van der Waals surface area contributed by atoms with Crippen molar-refractivity contribution in [3.05, 3.63) is 0 Å². The van der Waals surface area contributed by atoms with Gasteiger partial charge in [-0.2, -0.15) is 0 Å². The number of carbonyl (C=O) groups excluding carboxylic acids is 1. The maximum atomic E-state index is 11.9. The van der Waals surface area contributed by atoms with Crippen LogP contribution >= 0.6 is 0 Å². The van der Waals surface area contributed by atoms with Crippen LogP contribution in [0, 0.1) is 0 Å². The molecule has 1 unspecified atom stereocenters. The molecule has 1 N–H and O–H groups in total. The third-order valence-electron chi connectivity index (χ3n) is 3.15. The molecule has 2 saturated heterocycles. The van der Waals surface area contributed by atoms with E-state index in [1.165, 1.54) is 4.90 Å². The van der Waals surface area contributed by atoms with Gasteiger partial charge in [0.15, 0.2) is 12.3 Å². The van der Waals surface area contributed by atoms with Gasteiger partial charge in [-0.3, -0.25) is 9.69 Å². The predicted molar refractivity (Wildman–Crippen MR) is 59.5 cm³/mol. The first-order valence-electron chi connectivity index (χ1n) is 5.78. The predicted octanol–water partition coefficient (Wildman–Crippen LogP) is 0.722. The quantitative estimate of drug-likeness (QED) is 0.688. The van der Waals surface area contributed by atoms with E-state index in [0.717, 1.165) is 6.42 Å². The summed E-state index contributed by atoms with van der Waals surface area (Å²) in [4.78, 5) is 26.0. The van der Waals surface area contributed by atoms with E-state index < -0.39 is 23.9 Å². The van der Waals surface area contributed by atoms with Gasteiger partial charge in [0, 0.05) is 12.1 Å². The minimum Gasteiger partial charge on any atom is -0.465 e. The van der Waals surface area contributed by atoms with E-state index in [2.05, 4.69) is 0 Å². The summed E-state index contributed by atoms with van der Waals surface area (Å²) in [6.45, 7) is 6.58. The van der Waals surface area contributed by atoms with E-state index in [1.54, 1.807) is 25.7 Å². The Morgan fingerprint density at radius 2 is 2.18 bits per heavy atom. The Bertz CT molecular complexity index is 350. The number of nitrogens with zero attached hydrogens (tertiary/aromatic N) is 2. The molecule has 2 rings (SSSR count). The van der Waals surface area contributed by atoms with Gasteiger partial charge in [0.05, 0.1) is 6.61 Å². The highest BCUT2D eigenvalue weighted by atomic mass is 16.5. The number of hydrogen-bond acceptors (Lipinski definition) is 3. The first-order valence-corrected chi connectivity index (χ1v) is 5.78. The Balaban J connectivity index is 2.21. The van der Waals surface area contributed by atoms with Crippen LogP contribution in [0.15, 0.2) is 0 Å². The minimum atomic E-state index is -1.08. The van der Waals surface area contributed by atoms with Crippen LogP contribution in [-0.4, -0.2) is 57.9 Å². The maximum Gasteiger partial charge on any atom is 0.408 e. The minimum absolute atomic E-state index is 0.146. The van der Waals surface area contributed by atoms with E-state index >= 15 is 0 Å². The van der Waals surface area contributed by atoms with Gasteiger partial charge < -0.3 is 14.7 Å². The van der Waals surface area contributed by atoms with Crippen LogP contribution in [0.3, 0.4) is 0 Å². The summed E-state index contributed by atoms with van der Waals surface area (Å²) >= 11 is 0. The number of rotatable bonds is 1. The first kappa shape index (κ1) is 12.2. The van der Waals surface area contributed by atoms with Crippen molar-refractivity contribution in [2.45, 2.75) is 45.0 Å². The van der Waals surface area contributed by atoms with Gasteiger partial charge in [-0.1, -0.05) is 0 Å². The number of carboxylic acid groups (broad SMARTS) is 1. The molecule has 17 heavy (non-hydrogen) atoms. The Morgan fingerprint density at radius 3 is 2.71 bits per heavy atom. The number of fused-ring (bicyclic) bond motifs is 1. The van der Waals surface area contributed by atoms with Gasteiger partial charge in [0.1, 0.15) is 0 Å². The van der Waals surface area contributed by atoms with Gasteiger partial charge in [0.2, 0.25) is 0 Å². The summed E-state index contributed by atoms with van der Waals surface area (Å²) in [5, 5.41) is 9.25. The number of ether oxygens (including phenoxy) is 1. The molecule has 0 aromatic carbocycles. The standard InChI is InChI=1S/C11H18N2O4/c1-11(2,3)13(10(15)16)7-8(14)12-5-4-6-17-9(7)12/h7,9H,4-6H2,1-3H3,(H,15,16)/t7-,9?/m1/s1. The molecule has 6 nitrogen and oxygen atoms in total. The second kappa shape index (κ2) is 3.87. The summed E-state index contributed by atoms with van der Waals surface area (Å²) in [7, 11) is 0. The van der Waals surface area contributed by atoms with Crippen LogP contribution in [0.25, 0.3) is 0 Å².